The Hall–Kier alpha value is -2.19. The number of aromatic nitrogens is 3. The number of carbonyl (C=O) groups excluding carboxylic acids is 1. The van der Waals surface area contributed by atoms with Crippen LogP contribution < -0.4 is 10.2 Å². The minimum Gasteiger partial charge on any atom is -0.352 e. The molecule has 0 spiro atoms. The summed E-state index contributed by atoms with van der Waals surface area (Å²) in [5.41, 5.74) is 1.10. The summed E-state index contributed by atoms with van der Waals surface area (Å²) in [5, 5.41) is 13.4. The molecule has 1 saturated heterocycles. The lowest BCUT2D eigenvalue weighted by atomic mass is 9.96. The van der Waals surface area contributed by atoms with Crippen molar-refractivity contribution in [2.24, 2.45) is 5.92 Å². The molecule has 0 radical (unpaired) electrons. The first kappa shape index (κ1) is 18.2. The van der Waals surface area contributed by atoms with Crippen molar-refractivity contribution in [3.8, 4) is 5.13 Å². The van der Waals surface area contributed by atoms with Crippen molar-refractivity contribution >= 4 is 38.3 Å². The van der Waals surface area contributed by atoms with Gasteiger partial charge < -0.3 is 10.2 Å². The van der Waals surface area contributed by atoms with E-state index in [2.05, 4.69) is 36.3 Å². The predicted molar refractivity (Wildman–Crippen MR) is 110 cm³/mol. The molecule has 27 heavy (non-hydrogen) atoms. The fourth-order valence-electron chi connectivity index (χ4n) is 3.22. The highest BCUT2D eigenvalue weighted by Crippen LogP contribution is 2.27. The molecule has 6 nitrogen and oxygen atoms in total. The molecule has 0 saturated carbocycles. The highest BCUT2D eigenvalue weighted by Gasteiger charge is 2.26. The predicted octanol–water partition coefficient (Wildman–Crippen LogP) is 3.62. The van der Waals surface area contributed by atoms with Gasteiger partial charge in [-0.05, 0) is 42.7 Å². The summed E-state index contributed by atoms with van der Waals surface area (Å²) < 4.78 is 2.99. The van der Waals surface area contributed by atoms with Gasteiger partial charge in [0, 0.05) is 42.4 Å². The lowest BCUT2D eigenvalue weighted by Crippen LogP contribution is -2.40. The standard InChI is InChI=1S/C19H20BrN5OS/c20-16-5-3-4-14(12-16)13-21-17(26)15-6-10-25(11-7-15)19-23-22-18(27-19)24-8-1-2-9-24/h1-5,8-9,12,15H,6-7,10-11,13H2,(H,21,26). The van der Waals surface area contributed by atoms with Crippen LogP contribution in [0.3, 0.4) is 0 Å². The Labute approximate surface area is 170 Å². The van der Waals surface area contributed by atoms with E-state index in [1.54, 1.807) is 11.3 Å². The van der Waals surface area contributed by atoms with Crippen LogP contribution in [-0.4, -0.2) is 33.8 Å². The second kappa shape index (κ2) is 8.22. The van der Waals surface area contributed by atoms with Crippen LogP contribution in [0.1, 0.15) is 18.4 Å². The number of hydrogen-bond acceptors (Lipinski definition) is 5. The maximum absolute atomic E-state index is 12.5. The third kappa shape index (κ3) is 4.39. The lowest BCUT2D eigenvalue weighted by molar-refractivity contribution is -0.125. The molecule has 1 aliphatic rings. The zero-order valence-corrected chi connectivity index (χ0v) is 17.1. The van der Waals surface area contributed by atoms with Crippen LogP contribution in [0.4, 0.5) is 5.13 Å². The number of benzene rings is 1. The van der Waals surface area contributed by atoms with E-state index in [4.69, 9.17) is 0 Å². The van der Waals surface area contributed by atoms with Crippen LogP contribution in [0.5, 0.6) is 0 Å². The minimum atomic E-state index is 0.0604. The zero-order valence-electron chi connectivity index (χ0n) is 14.7. The van der Waals surface area contributed by atoms with Crippen LogP contribution in [-0.2, 0) is 11.3 Å². The Morgan fingerprint density at radius 3 is 2.63 bits per heavy atom. The van der Waals surface area contributed by atoms with Gasteiger partial charge in [0.25, 0.3) is 0 Å². The van der Waals surface area contributed by atoms with Gasteiger partial charge in [-0.25, -0.2) is 0 Å². The van der Waals surface area contributed by atoms with E-state index in [0.29, 0.717) is 6.54 Å². The maximum Gasteiger partial charge on any atom is 0.223 e. The molecule has 1 N–H and O–H groups in total. The fraction of sp³-hybridized carbons (Fsp3) is 0.316. The van der Waals surface area contributed by atoms with E-state index in [1.165, 1.54) is 0 Å². The molecule has 1 aromatic carbocycles. The number of piperidine rings is 1. The topological polar surface area (TPSA) is 63.1 Å². The third-order valence-corrected chi connectivity index (χ3v) is 6.21. The summed E-state index contributed by atoms with van der Waals surface area (Å²) in [5.74, 6) is 0.199. The van der Waals surface area contributed by atoms with E-state index in [0.717, 1.165) is 46.2 Å². The van der Waals surface area contributed by atoms with Crippen molar-refractivity contribution in [3.63, 3.8) is 0 Å². The van der Waals surface area contributed by atoms with Crippen LogP contribution in [0.2, 0.25) is 0 Å². The van der Waals surface area contributed by atoms with Crippen molar-refractivity contribution in [2.75, 3.05) is 18.0 Å². The van der Waals surface area contributed by atoms with Gasteiger partial charge in [-0.2, -0.15) is 0 Å². The molecular formula is C19H20BrN5OS. The quantitative estimate of drug-likeness (QED) is 0.651. The molecule has 1 fully saturated rings. The third-order valence-electron chi connectivity index (χ3n) is 4.72. The molecule has 2 aromatic heterocycles. The molecular weight excluding hydrogens is 426 g/mol. The van der Waals surface area contributed by atoms with Gasteiger partial charge in [0.15, 0.2) is 0 Å². The number of nitrogens with one attached hydrogen (secondary N) is 1. The fourth-order valence-corrected chi connectivity index (χ4v) is 4.53. The average molecular weight is 446 g/mol. The van der Waals surface area contributed by atoms with Crippen molar-refractivity contribution in [1.82, 2.24) is 20.1 Å². The molecule has 0 bridgehead atoms. The SMILES string of the molecule is O=C(NCc1cccc(Br)c1)C1CCN(c2nnc(-n3cccc3)s2)CC1. The second-order valence-corrected chi connectivity index (χ2v) is 8.42. The van der Waals surface area contributed by atoms with E-state index in [-0.39, 0.29) is 11.8 Å². The second-order valence-electron chi connectivity index (χ2n) is 6.57. The summed E-state index contributed by atoms with van der Waals surface area (Å²) in [7, 11) is 0. The van der Waals surface area contributed by atoms with E-state index >= 15 is 0 Å². The first-order valence-electron chi connectivity index (χ1n) is 8.93. The Morgan fingerprint density at radius 1 is 1.15 bits per heavy atom. The summed E-state index contributed by atoms with van der Waals surface area (Å²) in [6, 6.07) is 12.0. The molecule has 8 heteroatoms. The molecule has 1 amide bonds. The number of anilines is 1. The maximum atomic E-state index is 12.5. The summed E-state index contributed by atoms with van der Waals surface area (Å²) >= 11 is 5.04. The molecule has 3 heterocycles. The molecule has 0 atom stereocenters. The highest BCUT2D eigenvalue weighted by molar-refractivity contribution is 9.10. The van der Waals surface area contributed by atoms with Gasteiger partial charge in [0.2, 0.25) is 16.2 Å². The molecule has 0 unspecified atom stereocenters. The van der Waals surface area contributed by atoms with Crippen LogP contribution in [0.15, 0.2) is 53.3 Å². The highest BCUT2D eigenvalue weighted by atomic mass is 79.9. The first-order valence-corrected chi connectivity index (χ1v) is 10.5. The van der Waals surface area contributed by atoms with Gasteiger partial charge >= 0.3 is 0 Å². The minimum absolute atomic E-state index is 0.0604. The monoisotopic (exact) mass is 445 g/mol. The summed E-state index contributed by atoms with van der Waals surface area (Å²) in [4.78, 5) is 14.7. The number of carbonyl (C=O) groups is 1. The number of hydrogen-bond donors (Lipinski definition) is 1. The summed E-state index contributed by atoms with van der Waals surface area (Å²) in [6.07, 6.45) is 5.60. The Bertz CT molecular complexity index is 902. The first-order chi connectivity index (χ1) is 13.2. The van der Waals surface area contributed by atoms with E-state index in [1.807, 2.05) is 53.4 Å². The van der Waals surface area contributed by atoms with Gasteiger partial charge in [-0.15, -0.1) is 10.2 Å². The Balaban J connectivity index is 1.29. The van der Waals surface area contributed by atoms with Gasteiger partial charge in [-0.1, -0.05) is 39.4 Å². The number of rotatable bonds is 5. The van der Waals surface area contributed by atoms with Crippen LogP contribution in [0, 0.1) is 5.92 Å². The Morgan fingerprint density at radius 2 is 1.89 bits per heavy atom. The molecule has 0 aliphatic carbocycles. The smallest absolute Gasteiger partial charge is 0.223 e. The number of halogens is 1. The summed E-state index contributed by atoms with van der Waals surface area (Å²) in [6.45, 7) is 2.22. The Kier molecular flexibility index (Phi) is 5.54. The molecule has 3 aromatic rings. The largest absolute Gasteiger partial charge is 0.352 e. The number of amides is 1. The normalized spacial score (nSPS) is 15.1. The molecule has 140 valence electrons. The lowest BCUT2D eigenvalue weighted by Gasteiger charge is -2.30. The van der Waals surface area contributed by atoms with Crippen molar-refractivity contribution in [3.05, 3.63) is 58.8 Å². The van der Waals surface area contributed by atoms with Crippen LogP contribution >= 0.6 is 27.3 Å². The van der Waals surface area contributed by atoms with E-state index in [9.17, 15) is 4.79 Å². The van der Waals surface area contributed by atoms with Crippen molar-refractivity contribution in [2.45, 2.75) is 19.4 Å². The van der Waals surface area contributed by atoms with E-state index < -0.39 is 0 Å². The van der Waals surface area contributed by atoms with Gasteiger partial charge in [0.05, 0.1) is 0 Å². The van der Waals surface area contributed by atoms with Crippen molar-refractivity contribution in [1.29, 1.82) is 0 Å². The molecule has 4 rings (SSSR count). The average Bonchev–Trinajstić information content (AvgIpc) is 3.38. The van der Waals surface area contributed by atoms with Crippen molar-refractivity contribution < 1.29 is 4.79 Å². The zero-order chi connectivity index (χ0) is 18.6. The number of nitrogens with zero attached hydrogens (tertiary/aromatic N) is 4. The van der Waals surface area contributed by atoms with Gasteiger partial charge in [-0.3, -0.25) is 9.36 Å². The molecule has 1 aliphatic heterocycles. The van der Waals surface area contributed by atoms with Crippen LogP contribution in [0.25, 0.3) is 5.13 Å². The van der Waals surface area contributed by atoms with Gasteiger partial charge in [0.1, 0.15) is 0 Å².